The number of benzene rings is 2. The van der Waals surface area contributed by atoms with Crippen LogP contribution >= 0.6 is 0 Å². The van der Waals surface area contributed by atoms with Crippen molar-refractivity contribution in [2.75, 3.05) is 44.8 Å². The number of rotatable bonds is 7. The summed E-state index contributed by atoms with van der Waals surface area (Å²) in [5.41, 5.74) is 0.277. The molecule has 0 unspecified atom stereocenters. The number of nitrogens with zero attached hydrogens (tertiary/aromatic N) is 6. The predicted octanol–water partition coefficient (Wildman–Crippen LogP) is 3.39. The highest BCUT2D eigenvalue weighted by Gasteiger charge is 2.34. The minimum Gasteiger partial charge on any atom is -0.383 e. The second-order valence-corrected chi connectivity index (χ2v) is 7.75. The third kappa shape index (κ3) is 5.14. The Morgan fingerprint density at radius 1 is 1.03 bits per heavy atom. The molecule has 0 bridgehead atoms. The van der Waals surface area contributed by atoms with Crippen LogP contribution in [-0.2, 0) is 17.5 Å². The molecule has 0 saturated carbocycles. The van der Waals surface area contributed by atoms with Crippen molar-refractivity contribution in [2.24, 2.45) is 0 Å². The van der Waals surface area contributed by atoms with Crippen LogP contribution in [0.1, 0.15) is 23.0 Å². The Hall–Kier alpha value is -3.05. The Bertz CT molecular complexity index is 1060. The molecule has 33 heavy (non-hydrogen) atoms. The van der Waals surface area contributed by atoms with E-state index in [1.165, 1.54) is 12.1 Å². The van der Waals surface area contributed by atoms with Crippen LogP contribution in [0, 0.1) is 5.82 Å². The number of aromatic nitrogens is 4. The van der Waals surface area contributed by atoms with Gasteiger partial charge in [0.2, 0.25) is 0 Å². The molecule has 0 spiro atoms. The normalized spacial score (nSPS) is 16.2. The SMILES string of the molecule is COCCn1nnnc1[C@@H](c1ccccc1F)N1CCN(c2cccc(C(F)(F)F)c2)CC1. The minimum absolute atomic E-state index is 0.371. The Balaban J connectivity index is 1.58. The van der Waals surface area contributed by atoms with Crippen molar-refractivity contribution in [2.45, 2.75) is 18.8 Å². The average molecular weight is 464 g/mol. The lowest BCUT2D eigenvalue weighted by Crippen LogP contribution is -2.48. The Kier molecular flexibility index (Phi) is 6.89. The molecule has 11 heteroatoms. The molecule has 1 saturated heterocycles. The van der Waals surface area contributed by atoms with Crippen molar-refractivity contribution in [1.82, 2.24) is 25.1 Å². The van der Waals surface area contributed by atoms with Crippen molar-refractivity contribution in [3.05, 3.63) is 71.3 Å². The van der Waals surface area contributed by atoms with Gasteiger partial charge in [-0.3, -0.25) is 4.90 Å². The summed E-state index contributed by atoms with van der Waals surface area (Å²) in [5, 5.41) is 12.0. The van der Waals surface area contributed by atoms with Crippen LogP contribution in [0.3, 0.4) is 0 Å². The van der Waals surface area contributed by atoms with Crippen LogP contribution in [0.25, 0.3) is 0 Å². The van der Waals surface area contributed by atoms with E-state index in [2.05, 4.69) is 20.4 Å². The van der Waals surface area contributed by atoms with Gasteiger partial charge >= 0.3 is 6.18 Å². The summed E-state index contributed by atoms with van der Waals surface area (Å²) in [7, 11) is 1.57. The third-order valence-electron chi connectivity index (χ3n) is 5.73. The van der Waals surface area contributed by atoms with Gasteiger partial charge in [-0.25, -0.2) is 9.07 Å². The van der Waals surface area contributed by atoms with Crippen LogP contribution in [0.4, 0.5) is 23.2 Å². The van der Waals surface area contributed by atoms with E-state index in [0.717, 1.165) is 12.1 Å². The van der Waals surface area contributed by atoms with Gasteiger partial charge < -0.3 is 9.64 Å². The molecule has 1 atom stereocenters. The van der Waals surface area contributed by atoms with E-state index < -0.39 is 17.8 Å². The predicted molar refractivity (Wildman–Crippen MR) is 113 cm³/mol. The van der Waals surface area contributed by atoms with Gasteiger partial charge in [-0.2, -0.15) is 13.2 Å². The quantitative estimate of drug-likeness (QED) is 0.500. The molecule has 3 aromatic rings. The van der Waals surface area contributed by atoms with Crippen LogP contribution in [0.2, 0.25) is 0 Å². The second kappa shape index (κ2) is 9.84. The number of methoxy groups -OCH3 is 1. The van der Waals surface area contributed by atoms with E-state index in [4.69, 9.17) is 4.74 Å². The highest BCUT2D eigenvalue weighted by molar-refractivity contribution is 5.49. The Morgan fingerprint density at radius 3 is 2.48 bits per heavy atom. The van der Waals surface area contributed by atoms with Crippen molar-refractivity contribution < 1.29 is 22.3 Å². The molecule has 0 amide bonds. The monoisotopic (exact) mass is 464 g/mol. The molecule has 1 aliphatic heterocycles. The van der Waals surface area contributed by atoms with E-state index in [1.807, 2.05) is 4.90 Å². The maximum Gasteiger partial charge on any atom is 0.416 e. The molecule has 1 aromatic heterocycles. The fourth-order valence-electron chi connectivity index (χ4n) is 4.06. The van der Waals surface area contributed by atoms with Crippen LogP contribution in [-0.4, -0.2) is 65.0 Å². The first-order chi connectivity index (χ1) is 15.9. The van der Waals surface area contributed by atoms with E-state index in [-0.39, 0.29) is 5.82 Å². The highest BCUT2D eigenvalue weighted by atomic mass is 19.4. The number of hydrogen-bond donors (Lipinski definition) is 0. The van der Waals surface area contributed by atoms with Crippen molar-refractivity contribution >= 4 is 5.69 Å². The highest BCUT2D eigenvalue weighted by Crippen LogP contribution is 2.33. The summed E-state index contributed by atoms with van der Waals surface area (Å²) in [6, 6.07) is 11.2. The largest absolute Gasteiger partial charge is 0.416 e. The van der Waals surface area contributed by atoms with Crippen LogP contribution in [0.15, 0.2) is 48.5 Å². The maximum absolute atomic E-state index is 14.8. The van der Waals surface area contributed by atoms with E-state index >= 15 is 0 Å². The van der Waals surface area contributed by atoms with Crippen LogP contribution in [0.5, 0.6) is 0 Å². The molecule has 4 rings (SSSR count). The van der Waals surface area contributed by atoms with Gasteiger partial charge in [-0.15, -0.1) is 5.10 Å². The van der Waals surface area contributed by atoms with Crippen molar-refractivity contribution in [3.8, 4) is 0 Å². The number of piperazine rings is 1. The van der Waals surface area contributed by atoms with Gasteiger partial charge in [-0.05, 0) is 34.7 Å². The van der Waals surface area contributed by atoms with E-state index in [0.29, 0.717) is 56.4 Å². The van der Waals surface area contributed by atoms with Gasteiger partial charge in [-0.1, -0.05) is 24.3 Å². The topological polar surface area (TPSA) is 59.3 Å². The van der Waals surface area contributed by atoms with Gasteiger partial charge in [0.1, 0.15) is 11.9 Å². The van der Waals surface area contributed by atoms with Crippen molar-refractivity contribution in [3.63, 3.8) is 0 Å². The molecule has 0 radical (unpaired) electrons. The number of ether oxygens (including phenoxy) is 1. The second-order valence-electron chi connectivity index (χ2n) is 7.75. The summed E-state index contributed by atoms with van der Waals surface area (Å²) < 4.78 is 60.9. The maximum atomic E-state index is 14.8. The molecule has 7 nitrogen and oxygen atoms in total. The van der Waals surface area contributed by atoms with E-state index in [9.17, 15) is 17.6 Å². The number of hydrogen-bond acceptors (Lipinski definition) is 6. The van der Waals surface area contributed by atoms with Gasteiger partial charge in [0.05, 0.1) is 18.7 Å². The lowest BCUT2D eigenvalue weighted by Gasteiger charge is -2.40. The average Bonchev–Trinajstić information content (AvgIpc) is 3.27. The fraction of sp³-hybridized carbons (Fsp3) is 0.409. The fourth-order valence-corrected chi connectivity index (χ4v) is 4.06. The number of anilines is 1. The zero-order valence-electron chi connectivity index (χ0n) is 18.0. The lowest BCUT2D eigenvalue weighted by molar-refractivity contribution is -0.137. The summed E-state index contributed by atoms with van der Waals surface area (Å²) in [6.07, 6.45) is -4.40. The third-order valence-corrected chi connectivity index (χ3v) is 5.73. The standard InChI is InChI=1S/C22H24F4N6O/c1-33-14-13-32-21(27-28-29-32)20(18-7-2-3-8-19(18)23)31-11-9-30(10-12-31)17-6-4-5-16(15-17)22(24,25)26/h2-8,15,20H,9-14H2,1H3/t20-/m1/s1. The zero-order valence-corrected chi connectivity index (χ0v) is 18.0. The molecule has 1 fully saturated rings. The van der Waals surface area contributed by atoms with Crippen molar-refractivity contribution in [1.29, 1.82) is 0 Å². The number of halogens is 4. The lowest BCUT2D eigenvalue weighted by atomic mass is 10.0. The first kappa shape index (κ1) is 23.1. The smallest absolute Gasteiger partial charge is 0.383 e. The summed E-state index contributed by atoms with van der Waals surface area (Å²) in [4.78, 5) is 3.95. The molecule has 1 aliphatic rings. The first-order valence-corrected chi connectivity index (χ1v) is 10.5. The Morgan fingerprint density at radius 2 is 1.79 bits per heavy atom. The van der Waals surface area contributed by atoms with Crippen LogP contribution < -0.4 is 4.90 Å². The van der Waals surface area contributed by atoms with E-state index in [1.54, 1.807) is 36.1 Å². The zero-order chi connectivity index (χ0) is 23.4. The number of alkyl halides is 3. The molecule has 0 N–H and O–H groups in total. The molecule has 2 heterocycles. The summed E-state index contributed by atoms with van der Waals surface area (Å²) in [6.45, 7) is 2.75. The molecule has 0 aliphatic carbocycles. The minimum atomic E-state index is -4.40. The van der Waals surface area contributed by atoms with Gasteiger partial charge in [0.25, 0.3) is 0 Å². The molecule has 2 aromatic carbocycles. The number of tetrazole rings is 1. The first-order valence-electron chi connectivity index (χ1n) is 10.5. The molecular weight excluding hydrogens is 440 g/mol. The molecule has 176 valence electrons. The summed E-state index contributed by atoms with van der Waals surface area (Å²) >= 11 is 0. The summed E-state index contributed by atoms with van der Waals surface area (Å²) in [5.74, 6) is 0.119. The Labute approximate surface area is 188 Å². The van der Waals surface area contributed by atoms with Gasteiger partial charge in [0.15, 0.2) is 5.82 Å². The van der Waals surface area contributed by atoms with Gasteiger partial charge in [0, 0.05) is 44.5 Å². The molecular formula is C22H24F4N6O.